The lowest BCUT2D eigenvalue weighted by atomic mass is 9.73. The summed E-state index contributed by atoms with van der Waals surface area (Å²) in [6.07, 6.45) is 3.32. The number of ether oxygens (including phenoxy) is 1. The Morgan fingerprint density at radius 2 is 2.00 bits per heavy atom. The summed E-state index contributed by atoms with van der Waals surface area (Å²) in [5, 5.41) is 2.79. The van der Waals surface area contributed by atoms with Crippen LogP contribution in [0.4, 0.5) is 4.79 Å². The summed E-state index contributed by atoms with van der Waals surface area (Å²) >= 11 is 0. The van der Waals surface area contributed by atoms with Gasteiger partial charge in [-0.3, -0.25) is 19.3 Å². The minimum atomic E-state index is -0.912. The first-order valence-electron chi connectivity index (χ1n) is 9.65. The smallest absolute Gasteiger partial charge is 0.326 e. The molecule has 0 aromatic heterocycles. The van der Waals surface area contributed by atoms with E-state index in [1.54, 1.807) is 6.07 Å². The van der Waals surface area contributed by atoms with Crippen molar-refractivity contribution in [1.29, 1.82) is 0 Å². The minimum absolute atomic E-state index is 0.0183. The van der Waals surface area contributed by atoms with E-state index < -0.39 is 30.7 Å². The monoisotopic (exact) mass is 386 g/mol. The SMILES string of the molecule is Cc1ccc(C(=O)COC(=O)CN2C(=O)N[C@]3(CCCC[C@@H]3C)C2=O)c(C)c1. The van der Waals surface area contributed by atoms with E-state index in [0.29, 0.717) is 12.0 Å². The Kier molecular flexibility index (Phi) is 5.54. The van der Waals surface area contributed by atoms with Crippen LogP contribution >= 0.6 is 0 Å². The Hall–Kier alpha value is -2.70. The highest BCUT2D eigenvalue weighted by molar-refractivity contribution is 6.09. The Morgan fingerprint density at radius 1 is 1.25 bits per heavy atom. The number of aryl methyl sites for hydroxylation is 2. The first-order chi connectivity index (χ1) is 13.2. The molecule has 1 spiro atoms. The number of imide groups is 1. The van der Waals surface area contributed by atoms with Crippen LogP contribution in [-0.2, 0) is 14.3 Å². The molecule has 0 unspecified atom stereocenters. The molecule has 1 saturated carbocycles. The molecule has 1 N–H and O–H groups in total. The van der Waals surface area contributed by atoms with E-state index in [4.69, 9.17) is 4.74 Å². The lowest BCUT2D eigenvalue weighted by Crippen LogP contribution is -2.54. The topological polar surface area (TPSA) is 92.8 Å². The van der Waals surface area contributed by atoms with Gasteiger partial charge >= 0.3 is 12.0 Å². The highest BCUT2D eigenvalue weighted by Gasteiger charge is 2.55. The van der Waals surface area contributed by atoms with Crippen molar-refractivity contribution in [2.45, 2.75) is 52.0 Å². The van der Waals surface area contributed by atoms with Crippen LogP contribution in [-0.4, -0.2) is 47.3 Å². The molecule has 2 fully saturated rings. The highest BCUT2D eigenvalue weighted by atomic mass is 16.5. The number of rotatable bonds is 5. The molecule has 1 saturated heterocycles. The van der Waals surface area contributed by atoms with Crippen LogP contribution in [0.15, 0.2) is 18.2 Å². The molecule has 150 valence electrons. The van der Waals surface area contributed by atoms with Crippen LogP contribution in [0, 0.1) is 19.8 Å². The Balaban J connectivity index is 1.59. The number of hydrogen-bond acceptors (Lipinski definition) is 5. The lowest BCUT2D eigenvalue weighted by molar-refractivity contribution is -0.147. The van der Waals surface area contributed by atoms with Gasteiger partial charge in [0.25, 0.3) is 5.91 Å². The van der Waals surface area contributed by atoms with E-state index >= 15 is 0 Å². The van der Waals surface area contributed by atoms with E-state index in [-0.39, 0.29) is 17.6 Å². The van der Waals surface area contributed by atoms with Gasteiger partial charge in [-0.1, -0.05) is 43.5 Å². The Labute approximate surface area is 164 Å². The van der Waals surface area contributed by atoms with Crippen LogP contribution in [0.3, 0.4) is 0 Å². The van der Waals surface area contributed by atoms with Crippen molar-refractivity contribution in [3.8, 4) is 0 Å². The molecule has 7 nitrogen and oxygen atoms in total. The first kappa shape index (κ1) is 20.0. The fourth-order valence-corrected chi connectivity index (χ4v) is 4.16. The molecule has 0 bridgehead atoms. The normalized spacial score (nSPS) is 24.4. The molecule has 3 rings (SSSR count). The maximum Gasteiger partial charge on any atom is 0.326 e. The van der Waals surface area contributed by atoms with Crippen LogP contribution in [0.25, 0.3) is 0 Å². The van der Waals surface area contributed by atoms with Crippen LogP contribution in [0.5, 0.6) is 0 Å². The van der Waals surface area contributed by atoms with Gasteiger partial charge in [-0.05, 0) is 38.2 Å². The number of carbonyl (C=O) groups is 4. The number of ketones is 1. The second kappa shape index (κ2) is 7.73. The fourth-order valence-electron chi connectivity index (χ4n) is 4.16. The number of Topliss-reactive ketones (excluding diaryl/α,β-unsaturated/α-hetero) is 1. The summed E-state index contributed by atoms with van der Waals surface area (Å²) in [5.74, 6) is -1.45. The third kappa shape index (κ3) is 3.66. The third-order valence-corrected chi connectivity index (χ3v) is 5.84. The average Bonchev–Trinajstić information content (AvgIpc) is 2.87. The number of esters is 1. The van der Waals surface area contributed by atoms with Crippen molar-refractivity contribution in [2.24, 2.45) is 5.92 Å². The van der Waals surface area contributed by atoms with E-state index in [0.717, 1.165) is 35.3 Å². The van der Waals surface area contributed by atoms with Crippen LogP contribution in [0.2, 0.25) is 0 Å². The zero-order valence-electron chi connectivity index (χ0n) is 16.5. The molecule has 28 heavy (non-hydrogen) atoms. The molecular weight excluding hydrogens is 360 g/mol. The van der Waals surface area contributed by atoms with Gasteiger partial charge in [0.05, 0.1) is 0 Å². The van der Waals surface area contributed by atoms with E-state index in [2.05, 4.69) is 5.32 Å². The molecule has 2 atom stereocenters. The van der Waals surface area contributed by atoms with Crippen LogP contribution < -0.4 is 5.32 Å². The maximum absolute atomic E-state index is 12.8. The molecule has 1 aromatic rings. The molecular formula is C21H26N2O5. The summed E-state index contributed by atoms with van der Waals surface area (Å²) in [6.45, 7) is 4.79. The quantitative estimate of drug-likeness (QED) is 0.477. The summed E-state index contributed by atoms with van der Waals surface area (Å²) < 4.78 is 5.04. The van der Waals surface area contributed by atoms with Gasteiger partial charge in [-0.15, -0.1) is 0 Å². The summed E-state index contributed by atoms with van der Waals surface area (Å²) in [5.41, 5.74) is 1.42. The summed E-state index contributed by atoms with van der Waals surface area (Å²) in [7, 11) is 0. The van der Waals surface area contributed by atoms with Gasteiger partial charge in [0.15, 0.2) is 6.61 Å². The highest BCUT2D eigenvalue weighted by Crippen LogP contribution is 2.38. The zero-order valence-corrected chi connectivity index (χ0v) is 16.5. The Morgan fingerprint density at radius 3 is 2.68 bits per heavy atom. The molecule has 0 radical (unpaired) electrons. The van der Waals surface area contributed by atoms with Crippen molar-refractivity contribution < 1.29 is 23.9 Å². The number of amides is 3. The van der Waals surface area contributed by atoms with Gasteiger partial charge in [0.1, 0.15) is 12.1 Å². The molecule has 1 aliphatic heterocycles. The minimum Gasteiger partial charge on any atom is -0.456 e. The van der Waals surface area contributed by atoms with Crippen molar-refractivity contribution in [2.75, 3.05) is 13.2 Å². The second-order valence-corrected chi connectivity index (χ2v) is 7.84. The summed E-state index contributed by atoms with van der Waals surface area (Å²) in [6, 6.07) is 4.83. The largest absolute Gasteiger partial charge is 0.456 e. The van der Waals surface area contributed by atoms with Crippen molar-refractivity contribution in [1.82, 2.24) is 10.2 Å². The van der Waals surface area contributed by atoms with Crippen LogP contribution in [0.1, 0.15) is 54.1 Å². The van der Waals surface area contributed by atoms with Crippen molar-refractivity contribution in [3.05, 3.63) is 34.9 Å². The number of urea groups is 1. The van der Waals surface area contributed by atoms with E-state index in [9.17, 15) is 19.2 Å². The second-order valence-electron chi connectivity index (χ2n) is 7.84. The van der Waals surface area contributed by atoms with Gasteiger partial charge in [-0.2, -0.15) is 0 Å². The standard InChI is InChI=1S/C21H26N2O5/c1-13-7-8-16(14(2)10-13)17(24)12-28-18(25)11-23-19(26)21(22-20(23)27)9-5-4-6-15(21)3/h7-8,10,15H,4-6,9,11-12H2,1-3H3,(H,22,27)/t15-,21-/m0/s1. The molecule has 3 amide bonds. The third-order valence-electron chi connectivity index (χ3n) is 5.84. The average molecular weight is 386 g/mol. The van der Waals surface area contributed by atoms with E-state index in [1.165, 1.54) is 0 Å². The maximum atomic E-state index is 12.8. The van der Waals surface area contributed by atoms with Crippen molar-refractivity contribution >= 4 is 23.7 Å². The van der Waals surface area contributed by atoms with Gasteiger partial charge in [-0.25, -0.2) is 4.79 Å². The lowest BCUT2D eigenvalue weighted by Gasteiger charge is -2.36. The van der Waals surface area contributed by atoms with E-state index in [1.807, 2.05) is 32.9 Å². The van der Waals surface area contributed by atoms with Gasteiger partial charge in [0, 0.05) is 5.56 Å². The number of hydrogen-bond donors (Lipinski definition) is 1. The molecule has 1 heterocycles. The summed E-state index contributed by atoms with van der Waals surface area (Å²) in [4.78, 5) is 50.5. The molecule has 1 aromatic carbocycles. The molecule has 1 aliphatic carbocycles. The predicted octanol–water partition coefficient (Wildman–Crippen LogP) is 2.53. The van der Waals surface area contributed by atoms with Gasteiger partial charge < -0.3 is 10.1 Å². The molecule has 2 aliphatic rings. The number of nitrogens with one attached hydrogen (secondary N) is 1. The number of nitrogens with zero attached hydrogens (tertiary/aromatic N) is 1. The molecule has 7 heteroatoms. The number of carbonyl (C=O) groups excluding carboxylic acids is 4. The van der Waals surface area contributed by atoms with Gasteiger partial charge in [0.2, 0.25) is 5.78 Å². The first-order valence-corrected chi connectivity index (χ1v) is 9.65. The fraction of sp³-hybridized carbons (Fsp3) is 0.524. The predicted molar refractivity (Wildman–Crippen MR) is 102 cm³/mol. The number of benzene rings is 1. The van der Waals surface area contributed by atoms with Crippen molar-refractivity contribution in [3.63, 3.8) is 0 Å². The zero-order chi connectivity index (χ0) is 20.5. The Bertz CT molecular complexity index is 834.